The minimum atomic E-state index is -0.715. The Labute approximate surface area is 116 Å². The van der Waals surface area contributed by atoms with Gasteiger partial charge in [-0.3, -0.25) is 9.59 Å². The number of halogens is 1. The topological polar surface area (TPSA) is 67.4 Å². The van der Waals surface area contributed by atoms with Crippen molar-refractivity contribution >= 4 is 29.1 Å². The molecule has 2 amide bonds. The summed E-state index contributed by atoms with van der Waals surface area (Å²) < 4.78 is 5.25. The molecule has 0 saturated carbocycles. The van der Waals surface area contributed by atoms with E-state index in [2.05, 4.69) is 10.6 Å². The quantitative estimate of drug-likeness (QED) is 0.883. The molecule has 1 aromatic carbocycles. The van der Waals surface area contributed by atoms with Crippen molar-refractivity contribution in [1.29, 1.82) is 0 Å². The Bertz CT molecular complexity index is 505. The van der Waals surface area contributed by atoms with Crippen LogP contribution in [0.4, 0.5) is 5.69 Å². The van der Waals surface area contributed by atoms with Crippen LogP contribution >= 0.6 is 11.6 Å². The third-order valence-corrected chi connectivity index (χ3v) is 3.09. The zero-order valence-corrected chi connectivity index (χ0v) is 11.3. The summed E-state index contributed by atoms with van der Waals surface area (Å²) in [6.07, 6.45) is -0.717. The third kappa shape index (κ3) is 3.68. The number of hydrogen-bond acceptors (Lipinski definition) is 3. The first-order valence-electron chi connectivity index (χ1n) is 6.01. The Morgan fingerprint density at radius 2 is 2.37 bits per heavy atom. The lowest BCUT2D eigenvalue weighted by atomic mass is 10.1. The second-order valence-electron chi connectivity index (χ2n) is 4.36. The molecule has 0 bridgehead atoms. The summed E-state index contributed by atoms with van der Waals surface area (Å²) in [6.45, 7) is 2.79. The van der Waals surface area contributed by atoms with E-state index in [4.69, 9.17) is 16.3 Å². The van der Waals surface area contributed by atoms with Crippen molar-refractivity contribution in [2.45, 2.75) is 19.4 Å². The fraction of sp³-hybridized carbons (Fsp3) is 0.385. The highest BCUT2D eigenvalue weighted by atomic mass is 35.5. The Balaban J connectivity index is 1.97. The first-order valence-corrected chi connectivity index (χ1v) is 6.39. The summed E-state index contributed by atoms with van der Waals surface area (Å²) in [5.74, 6) is -0.517. The minimum absolute atomic E-state index is 0.00220. The van der Waals surface area contributed by atoms with Crippen molar-refractivity contribution in [3.63, 3.8) is 0 Å². The maximum atomic E-state index is 11.9. The number of morpholine rings is 1. The molecule has 2 N–H and O–H groups in total. The molecule has 1 saturated heterocycles. The summed E-state index contributed by atoms with van der Waals surface area (Å²) in [4.78, 5) is 23.3. The summed E-state index contributed by atoms with van der Waals surface area (Å²) in [5, 5.41) is 5.94. The number of anilines is 1. The smallest absolute Gasteiger partial charge is 0.249 e. The molecule has 5 nitrogen and oxygen atoms in total. The fourth-order valence-electron chi connectivity index (χ4n) is 1.82. The Kier molecular flexibility index (Phi) is 4.39. The molecular formula is C13H15ClN2O3. The van der Waals surface area contributed by atoms with Gasteiger partial charge in [0, 0.05) is 17.3 Å². The molecule has 0 radical (unpaired) electrons. The van der Waals surface area contributed by atoms with Gasteiger partial charge >= 0.3 is 0 Å². The number of rotatable bonds is 3. The predicted molar refractivity (Wildman–Crippen MR) is 72.2 cm³/mol. The van der Waals surface area contributed by atoms with Crippen LogP contribution < -0.4 is 10.6 Å². The molecule has 1 heterocycles. The van der Waals surface area contributed by atoms with Crippen LogP contribution in [0.5, 0.6) is 0 Å². The molecule has 0 aliphatic carbocycles. The van der Waals surface area contributed by atoms with Crippen LogP contribution in [-0.2, 0) is 14.3 Å². The number of amides is 2. The fourth-order valence-corrected chi connectivity index (χ4v) is 1.99. The summed E-state index contributed by atoms with van der Waals surface area (Å²) >= 11 is 5.88. The normalized spacial score (nSPS) is 18.8. The van der Waals surface area contributed by atoms with Gasteiger partial charge in [-0.25, -0.2) is 0 Å². The molecule has 1 aliphatic heterocycles. The van der Waals surface area contributed by atoms with Crippen LogP contribution in [0.15, 0.2) is 18.2 Å². The molecule has 0 spiro atoms. The molecular weight excluding hydrogens is 268 g/mol. The van der Waals surface area contributed by atoms with E-state index in [-0.39, 0.29) is 18.2 Å². The van der Waals surface area contributed by atoms with E-state index in [1.807, 2.05) is 13.0 Å². The second-order valence-corrected chi connectivity index (χ2v) is 4.80. The SMILES string of the molecule is Cc1ccc(Cl)cc1NC(=O)C[C@@H]1OCCNC1=O. The second kappa shape index (κ2) is 6.04. The first-order chi connectivity index (χ1) is 9.06. The van der Waals surface area contributed by atoms with E-state index >= 15 is 0 Å². The number of hydrogen-bond donors (Lipinski definition) is 2. The van der Waals surface area contributed by atoms with Gasteiger partial charge in [-0.15, -0.1) is 0 Å². The van der Waals surface area contributed by atoms with Crippen molar-refractivity contribution in [2.24, 2.45) is 0 Å². The minimum Gasteiger partial charge on any atom is -0.366 e. The van der Waals surface area contributed by atoms with Gasteiger partial charge in [0.2, 0.25) is 11.8 Å². The molecule has 1 atom stereocenters. The molecule has 1 aromatic rings. The average Bonchev–Trinajstić information content (AvgIpc) is 2.37. The van der Waals surface area contributed by atoms with E-state index in [1.165, 1.54) is 0 Å². The van der Waals surface area contributed by atoms with Gasteiger partial charge in [-0.1, -0.05) is 17.7 Å². The average molecular weight is 283 g/mol. The van der Waals surface area contributed by atoms with Crippen LogP contribution in [0.3, 0.4) is 0 Å². The largest absolute Gasteiger partial charge is 0.366 e. The number of aryl methyl sites for hydroxylation is 1. The monoisotopic (exact) mass is 282 g/mol. The lowest BCUT2D eigenvalue weighted by molar-refractivity contribution is -0.141. The van der Waals surface area contributed by atoms with Crippen LogP contribution in [0, 0.1) is 6.92 Å². The van der Waals surface area contributed by atoms with E-state index in [9.17, 15) is 9.59 Å². The lowest BCUT2D eigenvalue weighted by Crippen LogP contribution is -2.45. The van der Waals surface area contributed by atoms with Crippen LogP contribution in [0.1, 0.15) is 12.0 Å². The highest BCUT2D eigenvalue weighted by Crippen LogP contribution is 2.20. The van der Waals surface area contributed by atoms with Gasteiger partial charge < -0.3 is 15.4 Å². The number of benzene rings is 1. The van der Waals surface area contributed by atoms with E-state index in [1.54, 1.807) is 12.1 Å². The zero-order valence-electron chi connectivity index (χ0n) is 10.5. The summed E-state index contributed by atoms with van der Waals surface area (Å²) in [5.41, 5.74) is 1.56. The number of carbonyl (C=O) groups is 2. The molecule has 1 fully saturated rings. The first kappa shape index (κ1) is 13.8. The maximum absolute atomic E-state index is 11.9. The number of ether oxygens (including phenoxy) is 1. The van der Waals surface area contributed by atoms with Gasteiger partial charge in [0.25, 0.3) is 0 Å². The van der Waals surface area contributed by atoms with Crippen molar-refractivity contribution in [3.05, 3.63) is 28.8 Å². The van der Waals surface area contributed by atoms with Crippen LogP contribution in [0.25, 0.3) is 0 Å². The van der Waals surface area contributed by atoms with E-state index < -0.39 is 6.10 Å². The van der Waals surface area contributed by atoms with Crippen molar-refractivity contribution < 1.29 is 14.3 Å². The molecule has 1 aliphatic rings. The molecule has 102 valence electrons. The number of carbonyl (C=O) groups excluding carboxylic acids is 2. The van der Waals surface area contributed by atoms with Gasteiger partial charge in [-0.2, -0.15) is 0 Å². The highest BCUT2D eigenvalue weighted by molar-refractivity contribution is 6.31. The maximum Gasteiger partial charge on any atom is 0.249 e. The van der Waals surface area contributed by atoms with Crippen molar-refractivity contribution in [1.82, 2.24) is 5.32 Å². The van der Waals surface area contributed by atoms with Crippen molar-refractivity contribution in [2.75, 3.05) is 18.5 Å². The molecule has 0 aromatic heterocycles. The van der Waals surface area contributed by atoms with Gasteiger partial charge in [0.15, 0.2) is 0 Å². The zero-order chi connectivity index (χ0) is 13.8. The molecule has 2 rings (SSSR count). The van der Waals surface area contributed by atoms with Crippen LogP contribution in [0.2, 0.25) is 5.02 Å². The summed E-state index contributed by atoms with van der Waals surface area (Å²) in [7, 11) is 0. The van der Waals surface area contributed by atoms with Crippen LogP contribution in [-0.4, -0.2) is 31.1 Å². The Morgan fingerprint density at radius 1 is 1.58 bits per heavy atom. The summed E-state index contributed by atoms with van der Waals surface area (Å²) in [6, 6.07) is 5.25. The Morgan fingerprint density at radius 3 is 3.11 bits per heavy atom. The third-order valence-electron chi connectivity index (χ3n) is 2.86. The van der Waals surface area contributed by atoms with Gasteiger partial charge in [0.05, 0.1) is 13.0 Å². The predicted octanol–water partition coefficient (Wildman–Crippen LogP) is 1.49. The van der Waals surface area contributed by atoms with E-state index in [0.717, 1.165) is 5.56 Å². The van der Waals surface area contributed by atoms with Gasteiger partial charge in [-0.05, 0) is 24.6 Å². The van der Waals surface area contributed by atoms with Gasteiger partial charge in [0.1, 0.15) is 6.10 Å². The standard InChI is InChI=1S/C13H15ClN2O3/c1-8-2-3-9(14)6-10(8)16-12(17)7-11-13(18)15-4-5-19-11/h2-3,6,11H,4-5,7H2,1H3,(H,15,18)(H,16,17)/t11-/m0/s1. The molecule has 0 unspecified atom stereocenters. The lowest BCUT2D eigenvalue weighted by Gasteiger charge is -2.22. The van der Waals surface area contributed by atoms with E-state index in [0.29, 0.717) is 23.9 Å². The highest BCUT2D eigenvalue weighted by Gasteiger charge is 2.25. The van der Waals surface area contributed by atoms with Crippen molar-refractivity contribution in [3.8, 4) is 0 Å². The number of nitrogens with one attached hydrogen (secondary N) is 2. The molecule has 6 heteroatoms. The Hall–Kier alpha value is -1.59. The molecule has 19 heavy (non-hydrogen) atoms.